The Bertz CT molecular complexity index is 1630. The predicted molar refractivity (Wildman–Crippen MR) is 142 cm³/mol. The number of nitrogens with zero attached hydrogens (tertiary/aromatic N) is 5. The Kier molecular flexibility index (Phi) is 5.29. The molecule has 12 heteroatoms. The highest BCUT2D eigenvalue weighted by Gasteiger charge is 2.47. The Morgan fingerprint density at radius 3 is 2.82 bits per heavy atom. The lowest BCUT2D eigenvalue weighted by atomic mass is 9.85. The second-order valence-electron chi connectivity index (χ2n) is 10.6. The number of anilines is 2. The third-order valence-corrected chi connectivity index (χ3v) is 9.85. The summed E-state index contributed by atoms with van der Waals surface area (Å²) in [7, 11) is 0. The Hall–Kier alpha value is -3.49. The van der Waals surface area contributed by atoms with Crippen molar-refractivity contribution in [3.05, 3.63) is 43.9 Å². The molecule has 2 fully saturated rings. The molecular formula is C26H24ClN7O3S. The molecule has 7 rings (SSSR count). The van der Waals surface area contributed by atoms with E-state index in [9.17, 15) is 14.4 Å². The van der Waals surface area contributed by atoms with Crippen molar-refractivity contribution >= 4 is 56.5 Å². The molecule has 2 aliphatic heterocycles. The van der Waals surface area contributed by atoms with Crippen molar-refractivity contribution in [2.45, 2.75) is 50.6 Å². The number of carbonyl (C=O) groups excluding carboxylic acids is 2. The minimum atomic E-state index is -0.724. The van der Waals surface area contributed by atoms with Crippen molar-refractivity contribution in [3.8, 4) is 6.07 Å². The number of carbonyl (C=O) groups is 2. The van der Waals surface area contributed by atoms with Crippen LogP contribution in [0.3, 0.4) is 0 Å². The van der Waals surface area contributed by atoms with E-state index in [0.717, 1.165) is 33.5 Å². The molecule has 1 spiro atoms. The summed E-state index contributed by atoms with van der Waals surface area (Å²) in [6.45, 7) is 1.04. The SMILES string of the molecule is N#CC1CN(C(=O)[C@H]2CCc3c(sc4ncnc(Nc5cc(Cl)c6n(c5=O)C5(CCCC5)NC6=O)c34)C2)C1. The molecule has 4 aliphatic rings. The molecule has 0 bridgehead atoms. The number of aryl methyl sites for hydroxylation is 1. The summed E-state index contributed by atoms with van der Waals surface area (Å²) in [5.41, 5.74) is 0.543. The average Bonchev–Trinajstić information content (AvgIpc) is 3.57. The molecular weight excluding hydrogens is 526 g/mol. The predicted octanol–water partition coefficient (Wildman–Crippen LogP) is 3.31. The summed E-state index contributed by atoms with van der Waals surface area (Å²) >= 11 is 8.10. The number of nitriles is 1. The van der Waals surface area contributed by atoms with Crippen LogP contribution in [-0.4, -0.2) is 44.3 Å². The number of thiophene rings is 1. The number of nitrogens with one attached hydrogen (secondary N) is 2. The van der Waals surface area contributed by atoms with Crippen molar-refractivity contribution in [1.82, 2.24) is 24.8 Å². The third-order valence-electron chi connectivity index (χ3n) is 8.40. The number of fused-ring (bicyclic) bond motifs is 5. The van der Waals surface area contributed by atoms with Crippen LogP contribution in [0.1, 0.15) is 53.0 Å². The van der Waals surface area contributed by atoms with E-state index in [-0.39, 0.29) is 45.6 Å². The van der Waals surface area contributed by atoms with Crippen LogP contribution in [0.4, 0.5) is 11.5 Å². The average molecular weight is 550 g/mol. The molecule has 38 heavy (non-hydrogen) atoms. The van der Waals surface area contributed by atoms with E-state index in [2.05, 4.69) is 26.7 Å². The van der Waals surface area contributed by atoms with Crippen molar-refractivity contribution < 1.29 is 9.59 Å². The molecule has 3 aromatic heterocycles. The van der Waals surface area contributed by atoms with Crippen LogP contribution in [0.15, 0.2) is 17.2 Å². The molecule has 1 saturated carbocycles. The quantitative estimate of drug-likeness (QED) is 0.512. The summed E-state index contributed by atoms with van der Waals surface area (Å²) < 4.78 is 1.54. The molecule has 2 N–H and O–H groups in total. The van der Waals surface area contributed by atoms with Gasteiger partial charge in [0.2, 0.25) is 5.91 Å². The van der Waals surface area contributed by atoms with Crippen molar-refractivity contribution in [1.29, 1.82) is 5.26 Å². The number of amides is 2. The molecule has 1 atom stereocenters. The molecule has 194 valence electrons. The van der Waals surface area contributed by atoms with Gasteiger partial charge in [0.05, 0.1) is 22.4 Å². The lowest BCUT2D eigenvalue weighted by Gasteiger charge is -2.38. The molecule has 5 heterocycles. The van der Waals surface area contributed by atoms with Crippen LogP contribution < -0.4 is 16.2 Å². The van der Waals surface area contributed by atoms with Crippen LogP contribution in [0.5, 0.6) is 0 Å². The van der Waals surface area contributed by atoms with Crippen LogP contribution in [0, 0.1) is 23.2 Å². The van der Waals surface area contributed by atoms with Gasteiger partial charge in [0.25, 0.3) is 11.5 Å². The van der Waals surface area contributed by atoms with E-state index in [1.165, 1.54) is 17.0 Å². The van der Waals surface area contributed by atoms with Gasteiger partial charge in [0.1, 0.15) is 34.0 Å². The smallest absolute Gasteiger partial charge is 0.276 e. The van der Waals surface area contributed by atoms with E-state index in [1.807, 2.05) is 0 Å². The zero-order valence-electron chi connectivity index (χ0n) is 20.4. The maximum atomic E-state index is 13.7. The fourth-order valence-corrected chi connectivity index (χ4v) is 8.02. The summed E-state index contributed by atoms with van der Waals surface area (Å²) in [5, 5.41) is 16.3. The first-order valence-corrected chi connectivity index (χ1v) is 14.1. The van der Waals surface area contributed by atoms with E-state index < -0.39 is 5.66 Å². The molecule has 0 unspecified atom stereocenters. The van der Waals surface area contributed by atoms with Crippen LogP contribution in [0.2, 0.25) is 5.02 Å². The molecule has 1 saturated heterocycles. The number of hydrogen-bond donors (Lipinski definition) is 2. The van der Waals surface area contributed by atoms with E-state index in [4.69, 9.17) is 16.9 Å². The largest absolute Gasteiger partial charge is 0.340 e. The Morgan fingerprint density at radius 2 is 2.05 bits per heavy atom. The molecule has 3 aromatic rings. The number of halogens is 1. The van der Waals surface area contributed by atoms with Gasteiger partial charge in [-0.25, -0.2) is 9.97 Å². The van der Waals surface area contributed by atoms with Gasteiger partial charge in [-0.1, -0.05) is 11.6 Å². The van der Waals surface area contributed by atoms with Crippen molar-refractivity contribution in [2.75, 3.05) is 18.4 Å². The number of pyridine rings is 1. The minimum Gasteiger partial charge on any atom is -0.340 e. The van der Waals surface area contributed by atoms with Crippen LogP contribution in [0.25, 0.3) is 10.2 Å². The lowest BCUT2D eigenvalue weighted by Crippen LogP contribution is -2.52. The van der Waals surface area contributed by atoms with Gasteiger partial charge in [-0.2, -0.15) is 5.26 Å². The monoisotopic (exact) mass is 549 g/mol. The molecule has 10 nitrogen and oxygen atoms in total. The summed E-state index contributed by atoms with van der Waals surface area (Å²) in [6.07, 6.45) is 6.74. The van der Waals surface area contributed by atoms with Gasteiger partial charge < -0.3 is 15.5 Å². The van der Waals surface area contributed by atoms with E-state index >= 15 is 0 Å². The van der Waals surface area contributed by atoms with Gasteiger partial charge in [0, 0.05) is 23.9 Å². The highest BCUT2D eigenvalue weighted by atomic mass is 35.5. The number of likely N-dealkylation sites (tertiary alicyclic amines) is 1. The standard InChI is InChI=1S/C26H24ClN7O3S/c27-16-8-17(25(37)34-20(16)22(35)32-26(34)5-1-2-6-26)31-21-19-15-4-3-14(24(36)33-10-13(9-28)11-33)7-18(15)38-23(19)30-12-29-21/h8,12-14H,1-7,10-11H2,(H,32,35)(H,29,30,31)/t14-/m0/s1. The van der Waals surface area contributed by atoms with E-state index in [1.54, 1.807) is 16.2 Å². The molecule has 0 aromatic carbocycles. The second kappa shape index (κ2) is 8.51. The minimum absolute atomic E-state index is 0.0550. The highest BCUT2D eigenvalue weighted by molar-refractivity contribution is 7.19. The van der Waals surface area contributed by atoms with Gasteiger partial charge >= 0.3 is 0 Å². The maximum Gasteiger partial charge on any atom is 0.276 e. The zero-order chi connectivity index (χ0) is 26.2. The molecule has 2 aliphatic carbocycles. The first-order chi connectivity index (χ1) is 18.4. The Balaban J connectivity index is 1.23. The Morgan fingerprint density at radius 1 is 1.26 bits per heavy atom. The topological polar surface area (TPSA) is 133 Å². The Labute approximate surface area is 226 Å². The first kappa shape index (κ1) is 23.6. The van der Waals surface area contributed by atoms with Crippen LogP contribution in [-0.2, 0) is 23.3 Å². The second-order valence-corrected chi connectivity index (χ2v) is 12.1. The third kappa shape index (κ3) is 3.39. The number of aromatic nitrogens is 3. The van der Waals surface area contributed by atoms with E-state index in [0.29, 0.717) is 51.0 Å². The molecule has 2 amide bonds. The molecule has 0 radical (unpaired) electrons. The van der Waals surface area contributed by atoms with Gasteiger partial charge in [0.15, 0.2) is 0 Å². The summed E-state index contributed by atoms with van der Waals surface area (Å²) in [6, 6.07) is 3.73. The lowest BCUT2D eigenvalue weighted by molar-refractivity contribution is -0.141. The summed E-state index contributed by atoms with van der Waals surface area (Å²) in [5.74, 6) is 0.160. The summed E-state index contributed by atoms with van der Waals surface area (Å²) in [4.78, 5) is 52.0. The fraction of sp³-hybridized carbons (Fsp3) is 0.462. The van der Waals surface area contributed by atoms with Crippen LogP contribution >= 0.6 is 22.9 Å². The normalized spacial score (nSPS) is 21.6. The fourth-order valence-electron chi connectivity index (χ4n) is 6.47. The van der Waals surface area contributed by atoms with Crippen molar-refractivity contribution in [2.24, 2.45) is 11.8 Å². The number of hydrogen-bond acceptors (Lipinski definition) is 8. The number of rotatable bonds is 3. The van der Waals surface area contributed by atoms with Crippen molar-refractivity contribution in [3.63, 3.8) is 0 Å². The highest BCUT2D eigenvalue weighted by Crippen LogP contribution is 2.42. The van der Waals surface area contributed by atoms with Gasteiger partial charge in [-0.15, -0.1) is 11.3 Å². The first-order valence-electron chi connectivity index (χ1n) is 12.9. The zero-order valence-corrected chi connectivity index (χ0v) is 22.0. The van der Waals surface area contributed by atoms with Gasteiger partial charge in [-0.05, 0) is 56.6 Å². The van der Waals surface area contributed by atoms with Gasteiger partial charge in [-0.3, -0.25) is 19.0 Å². The maximum absolute atomic E-state index is 13.7.